The van der Waals surface area contributed by atoms with Crippen LogP contribution in [0.5, 0.6) is 5.75 Å². The van der Waals surface area contributed by atoms with Crippen LogP contribution in [0.1, 0.15) is 40.9 Å². The number of benzene rings is 1. The zero-order valence-corrected chi connectivity index (χ0v) is 16.4. The second kappa shape index (κ2) is 8.61. The highest BCUT2D eigenvalue weighted by Gasteiger charge is 2.45. The second-order valence-corrected chi connectivity index (χ2v) is 8.22. The quantitative estimate of drug-likeness (QED) is 0.692. The van der Waals surface area contributed by atoms with Crippen molar-refractivity contribution in [2.75, 3.05) is 6.61 Å². The molecule has 1 aromatic heterocycles. The normalized spacial score (nSPS) is 29.1. The summed E-state index contributed by atoms with van der Waals surface area (Å²) in [5.74, 6) is -1.10. The Labute approximate surface area is 171 Å². The Balaban J connectivity index is 1.34. The molecule has 0 amide bonds. The summed E-state index contributed by atoms with van der Waals surface area (Å²) in [5, 5.41) is 21.7. The van der Waals surface area contributed by atoms with Crippen molar-refractivity contribution >= 4 is 17.3 Å². The van der Waals surface area contributed by atoms with Gasteiger partial charge >= 0.3 is 5.97 Å². The van der Waals surface area contributed by atoms with Crippen molar-refractivity contribution < 1.29 is 28.9 Å². The summed E-state index contributed by atoms with van der Waals surface area (Å²) >= 11 is 1.30. The molecule has 6 nitrogen and oxygen atoms in total. The van der Waals surface area contributed by atoms with Crippen molar-refractivity contribution in [3.05, 3.63) is 58.3 Å². The number of carbonyl (C=O) groups is 1. The molecule has 0 radical (unpaired) electrons. The highest BCUT2D eigenvalue weighted by molar-refractivity contribution is 7.09. The number of aromatic nitrogens is 1. The number of hydrogen-bond acceptors (Lipinski definition) is 6. The number of aliphatic hydroxyl groups excluding tert-OH is 1. The van der Waals surface area contributed by atoms with Crippen LogP contribution < -0.4 is 4.74 Å². The first-order valence-electron chi connectivity index (χ1n) is 9.59. The van der Waals surface area contributed by atoms with Crippen LogP contribution in [0.25, 0.3) is 0 Å². The molecule has 1 saturated carbocycles. The Morgan fingerprint density at radius 3 is 2.97 bits per heavy atom. The Morgan fingerprint density at radius 2 is 2.21 bits per heavy atom. The molecule has 1 aromatic carbocycles. The smallest absolute Gasteiger partial charge is 0.355 e. The Bertz CT molecular complexity index is 901. The van der Waals surface area contributed by atoms with Gasteiger partial charge in [-0.2, -0.15) is 0 Å². The molecule has 0 unspecified atom stereocenters. The molecule has 1 aliphatic carbocycles. The average molecular weight is 419 g/mol. The van der Waals surface area contributed by atoms with Gasteiger partial charge in [0.1, 0.15) is 17.7 Å². The van der Waals surface area contributed by atoms with Crippen LogP contribution in [0.15, 0.2) is 41.8 Å². The molecule has 8 heteroatoms. The van der Waals surface area contributed by atoms with Crippen LogP contribution in [0.3, 0.4) is 0 Å². The minimum atomic E-state index is -1.04. The van der Waals surface area contributed by atoms with Crippen LogP contribution in [-0.4, -0.2) is 40.0 Å². The fourth-order valence-corrected chi connectivity index (χ4v) is 5.02. The lowest BCUT2D eigenvalue weighted by Gasteiger charge is -2.33. The third-order valence-corrected chi connectivity index (χ3v) is 6.47. The predicted octanol–water partition coefficient (Wildman–Crippen LogP) is 3.83. The van der Waals surface area contributed by atoms with Crippen molar-refractivity contribution in [3.63, 3.8) is 0 Å². The third-order valence-electron chi connectivity index (χ3n) is 5.54. The molecule has 2 N–H and O–H groups in total. The molecule has 0 spiro atoms. The van der Waals surface area contributed by atoms with Crippen molar-refractivity contribution in [1.29, 1.82) is 0 Å². The third kappa shape index (κ3) is 4.34. The van der Waals surface area contributed by atoms with E-state index in [9.17, 15) is 14.3 Å². The first-order valence-corrected chi connectivity index (χ1v) is 10.5. The van der Waals surface area contributed by atoms with Crippen molar-refractivity contribution in [1.82, 2.24) is 4.98 Å². The summed E-state index contributed by atoms with van der Waals surface area (Å²) in [6, 6.07) is 6.25. The maximum Gasteiger partial charge on any atom is 0.355 e. The first-order chi connectivity index (χ1) is 14.0. The van der Waals surface area contributed by atoms with E-state index in [4.69, 9.17) is 14.6 Å². The summed E-state index contributed by atoms with van der Waals surface area (Å²) < 4.78 is 25.2. The van der Waals surface area contributed by atoms with Gasteiger partial charge in [0.15, 0.2) is 17.3 Å². The highest BCUT2D eigenvalue weighted by Crippen LogP contribution is 2.46. The molecule has 29 heavy (non-hydrogen) atoms. The number of hydrogen-bond donors (Lipinski definition) is 2. The summed E-state index contributed by atoms with van der Waals surface area (Å²) in [6.45, 7) is 0.224. The van der Waals surface area contributed by atoms with Crippen molar-refractivity contribution in [2.45, 2.75) is 37.6 Å². The summed E-state index contributed by atoms with van der Waals surface area (Å²) in [7, 11) is 0. The average Bonchev–Trinajstić information content (AvgIpc) is 3.31. The molecule has 2 fully saturated rings. The van der Waals surface area contributed by atoms with Crippen LogP contribution in [0.2, 0.25) is 0 Å². The molecule has 0 bridgehead atoms. The summed E-state index contributed by atoms with van der Waals surface area (Å²) in [6.07, 6.45) is 5.03. The monoisotopic (exact) mass is 419 g/mol. The molecule has 4 rings (SSSR count). The van der Waals surface area contributed by atoms with Crippen molar-refractivity contribution in [3.8, 4) is 5.75 Å². The Morgan fingerprint density at radius 1 is 1.38 bits per heavy atom. The number of aromatic carboxylic acids is 1. The van der Waals surface area contributed by atoms with E-state index in [-0.39, 0.29) is 42.1 Å². The molecular weight excluding hydrogens is 397 g/mol. The van der Waals surface area contributed by atoms with E-state index < -0.39 is 17.9 Å². The topological polar surface area (TPSA) is 88.9 Å². The fraction of sp³-hybridized carbons (Fsp3) is 0.429. The van der Waals surface area contributed by atoms with E-state index in [1.165, 1.54) is 22.8 Å². The van der Waals surface area contributed by atoms with Gasteiger partial charge in [-0.1, -0.05) is 24.3 Å². The van der Waals surface area contributed by atoms with Gasteiger partial charge in [0.25, 0.3) is 0 Å². The van der Waals surface area contributed by atoms with Gasteiger partial charge in [0, 0.05) is 17.7 Å². The highest BCUT2D eigenvalue weighted by atomic mass is 32.1. The van der Waals surface area contributed by atoms with E-state index >= 15 is 0 Å². The van der Waals surface area contributed by atoms with Gasteiger partial charge in [0.05, 0.1) is 12.2 Å². The van der Waals surface area contributed by atoms with Gasteiger partial charge in [-0.3, -0.25) is 0 Å². The molecule has 2 aromatic rings. The van der Waals surface area contributed by atoms with E-state index in [0.717, 1.165) is 12.8 Å². The van der Waals surface area contributed by atoms with E-state index in [2.05, 4.69) is 4.98 Å². The zero-order valence-electron chi connectivity index (χ0n) is 15.6. The van der Waals surface area contributed by atoms with E-state index in [1.807, 2.05) is 12.2 Å². The van der Waals surface area contributed by atoms with Crippen molar-refractivity contribution in [2.24, 2.45) is 11.8 Å². The number of carboxylic acids is 1. The molecule has 1 saturated heterocycles. The second-order valence-electron chi connectivity index (χ2n) is 7.33. The lowest BCUT2D eigenvalue weighted by molar-refractivity contribution is -0.0767. The van der Waals surface area contributed by atoms with Crippen LogP contribution in [-0.2, 0) is 4.74 Å². The minimum Gasteiger partial charge on any atom is -0.486 e. The number of rotatable bonds is 6. The van der Waals surface area contributed by atoms with Gasteiger partial charge in [0.2, 0.25) is 0 Å². The van der Waals surface area contributed by atoms with Gasteiger partial charge in [-0.05, 0) is 30.9 Å². The van der Waals surface area contributed by atoms with Crippen LogP contribution in [0.4, 0.5) is 4.39 Å². The number of carboxylic acid groups (broad SMARTS) is 1. The number of ether oxygens (including phenoxy) is 2. The fourth-order valence-electron chi connectivity index (χ4n) is 4.16. The SMILES string of the molecule is O=C(O)c1csc([C@H]2CC[C@@H]3[C@@H](/C=C/COc4ccccc4F)[C@H](O)C[C@@H]3O2)n1. The van der Waals surface area contributed by atoms with Gasteiger partial charge < -0.3 is 19.7 Å². The Kier molecular flexibility index (Phi) is 5.94. The minimum absolute atomic E-state index is 0.0397. The van der Waals surface area contributed by atoms with Gasteiger partial charge in [-0.25, -0.2) is 14.2 Å². The molecule has 2 aliphatic rings. The maximum absolute atomic E-state index is 13.6. The molecule has 5 atom stereocenters. The standard InChI is InChI=1S/C21H22FNO5S/c22-14-5-1-2-6-17(14)27-9-3-4-12-13-7-8-18(28-19(13)10-16(12)24)20-23-15(11-29-20)21(25)26/h1-6,11-13,16,18-19,24H,7-10H2,(H,25,26)/b4-3+/t12-,13-,16-,18-,19+/m1/s1. The number of fused-ring (bicyclic) bond motifs is 1. The predicted molar refractivity (Wildman–Crippen MR) is 105 cm³/mol. The molecule has 154 valence electrons. The Hall–Kier alpha value is -2.29. The zero-order chi connectivity index (χ0) is 20.4. The number of aliphatic hydroxyl groups is 1. The van der Waals surface area contributed by atoms with E-state index in [1.54, 1.807) is 18.2 Å². The maximum atomic E-state index is 13.6. The molecular formula is C21H22FNO5S. The number of nitrogens with zero attached hydrogens (tertiary/aromatic N) is 1. The summed E-state index contributed by atoms with van der Waals surface area (Å²) in [5.41, 5.74) is 0.0397. The number of para-hydroxylation sites is 1. The number of halogens is 1. The van der Waals surface area contributed by atoms with Crippen LogP contribution >= 0.6 is 11.3 Å². The van der Waals surface area contributed by atoms with E-state index in [0.29, 0.717) is 11.4 Å². The van der Waals surface area contributed by atoms with Crippen LogP contribution in [0, 0.1) is 17.7 Å². The molecule has 2 heterocycles. The molecule has 1 aliphatic heterocycles. The van der Waals surface area contributed by atoms with Gasteiger partial charge in [-0.15, -0.1) is 11.3 Å². The first kappa shape index (κ1) is 20.0. The lowest BCUT2D eigenvalue weighted by Crippen LogP contribution is -2.30. The lowest BCUT2D eigenvalue weighted by atomic mass is 9.86. The largest absolute Gasteiger partial charge is 0.486 e. The number of thiazole rings is 1. The summed E-state index contributed by atoms with van der Waals surface area (Å²) in [4.78, 5) is 15.2.